The molecule has 0 bridgehead atoms. The third-order valence-electron chi connectivity index (χ3n) is 2.49. The Hall–Kier alpha value is -0.830. The minimum absolute atomic E-state index is 0.241. The van der Waals surface area contributed by atoms with Crippen molar-refractivity contribution in [3.05, 3.63) is 17.5 Å². The van der Waals surface area contributed by atoms with Gasteiger partial charge in [0.2, 0.25) is 0 Å². The zero-order valence-electron chi connectivity index (χ0n) is 6.72. The summed E-state index contributed by atoms with van der Waals surface area (Å²) in [6, 6.07) is 2.10. The van der Waals surface area contributed by atoms with E-state index in [4.69, 9.17) is 5.73 Å². The average Bonchev–Trinajstić information content (AvgIpc) is 2.70. The van der Waals surface area contributed by atoms with E-state index in [1.54, 1.807) is 0 Å². The highest BCUT2D eigenvalue weighted by Gasteiger charge is 2.44. The van der Waals surface area contributed by atoms with Gasteiger partial charge in [-0.05, 0) is 25.8 Å². The van der Waals surface area contributed by atoms with E-state index in [1.807, 2.05) is 6.92 Å². The largest absolute Gasteiger partial charge is 0.330 e. The van der Waals surface area contributed by atoms with Gasteiger partial charge in [-0.3, -0.25) is 5.10 Å². The van der Waals surface area contributed by atoms with E-state index in [0.29, 0.717) is 0 Å². The molecule has 2 rings (SSSR count). The fourth-order valence-corrected chi connectivity index (χ4v) is 1.41. The van der Waals surface area contributed by atoms with Crippen molar-refractivity contribution in [2.45, 2.75) is 25.2 Å². The van der Waals surface area contributed by atoms with Crippen molar-refractivity contribution in [3.8, 4) is 0 Å². The number of nitrogens with one attached hydrogen (secondary N) is 1. The average molecular weight is 151 g/mol. The van der Waals surface area contributed by atoms with Crippen molar-refractivity contribution in [2.24, 2.45) is 5.73 Å². The summed E-state index contributed by atoms with van der Waals surface area (Å²) in [7, 11) is 0. The predicted molar refractivity (Wildman–Crippen MR) is 43.3 cm³/mol. The standard InChI is InChI=1S/C8H13N3/c1-6-4-7(11-10-6)8(5-9)2-3-8/h4H,2-3,5,9H2,1H3,(H,10,11). The van der Waals surface area contributed by atoms with Gasteiger partial charge in [0.05, 0.1) is 5.69 Å². The molecule has 1 saturated carbocycles. The third kappa shape index (κ3) is 0.959. The molecular formula is C8H13N3. The molecular weight excluding hydrogens is 138 g/mol. The van der Waals surface area contributed by atoms with Gasteiger partial charge in [-0.15, -0.1) is 0 Å². The zero-order valence-corrected chi connectivity index (χ0v) is 6.72. The van der Waals surface area contributed by atoms with E-state index in [0.717, 1.165) is 17.9 Å². The van der Waals surface area contributed by atoms with E-state index >= 15 is 0 Å². The molecule has 0 amide bonds. The first kappa shape index (κ1) is 6.85. The molecule has 60 valence electrons. The van der Waals surface area contributed by atoms with Crippen LogP contribution in [0, 0.1) is 6.92 Å². The highest BCUT2D eigenvalue weighted by molar-refractivity contribution is 5.25. The molecule has 0 spiro atoms. The smallest absolute Gasteiger partial charge is 0.0699 e. The van der Waals surface area contributed by atoms with Crippen LogP contribution in [0.4, 0.5) is 0 Å². The highest BCUT2D eigenvalue weighted by atomic mass is 15.1. The summed E-state index contributed by atoms with van der Waals surface area (Å²) in [5.74, 6) is 0. The number of aromatic nitrogens is 2. The quantitative estimate of drug-likeness (QED) is 0.654. The van der Waals surface area contributed by atoms with Crippen LogP contribution in [0.1, 0.15) is 24.2 Å². The van der Waals surface area contributed by atoms with Crippen molar-refractivity contribution in [2.75, 3.05) is 6.54 Å². The number of hydrogen-bond donors (Lipinski definition) is 2. The molecule has 3 N–H and O–H groups in total. The van der Waals surface area contributed by atoms with Crippen LogP contribution in [0.5, 0.6) is 0 Å². The molecule has 0 aliphatic heterocycles. The summed E-state index contributed by atoms with van der Waals surface area (Å²) < 4.78 is 0. The molecule has 0 radical (unpaired) electrons. The molecule has 11 heavy (non-hydrogen) atoms. The van der Waals surface area contributed by atoms with Gasteiger partial charge in [0.1, 0.15) is 0 Å². The highest BCUT2D eigenvalue weighted by Crippen LogP contribution is 2.46. The molecule has 3 nitrogen and oxygen atoms in total. The lowest BCUT2D eigenvalue weighted by atomic mass is 10.0. The van der Waals surface area contributed by atoms with Gasteiger partial charge in [0.25, 0.3) is 0 Å². The summed E-state index contributed by atoms with van der Waals surface area (Å²) in [5.41, 5.74) is 8.17. The maximum absolute atomic E-state index is 5.66. The van der Waals surface area contributed by atoms with E-state index in [-0.39, 0.29) is 5.41 Å². The predicted octanol–water partition coefficient (Wildman–Crippen LogP) is 0.708. The lowest BCUT2D eigenvalue weighted by Gasteiger charge is -2.06. The minimum atomic E-state index is 0.241. The van der Waals surface area contributed by atoms with Crippen molar-refractivity contribution >= 4 is 0 Å². The molecule has 1 aromatic rings. The van der Waals surface area contributed by atoms with Crippen LogP contribution in [-0.2, 0) is 5.41 Å². The van der Waals surface area contributed by atoms with Crippen LogP contribution < -0.4 is 5.73 Å². The second-order valence-electron chi connectivity index (χ2n) is 3.42. The maximum Gasteiger partial charge on any atom is 0.0699 e. The molecule has 0 unspecified atom stereocenters. The van der Waals surface area contributed by atoms with Gasteiger partial charge >= 0.3 is 0 Å². The second-order valence-corrected chi connectivity index (χ2v) is 3.42. The van der Waals surface area contributed by atoms with Crippen molar-refractivity contribution in [1.82, 2.24) is 10.2 Å². The molecule has 0 saturated heterocycles. The van der Waals surface area contributed by atoms with E-state index in [9.17, 15) is 0 Å². The number of nitrogens with two attached hydrogens (primary N) is 1. The van der Waals surface area contributed by atoms with Crippen LogP contribution in [0.2, 0.25) is 0 Å². The second kappa shape index (κ2) is 2.08. The van der Waals surface area contributed by atoms with Gasteiger partial charge in [-0.1, -0.05) is 0 Å². The lowest BCUT2D eigenvalue weighted by molar-refractivity contribution is 0.674. The van der Waals surface area contributed by atoms with E-state index < -0.39 is 0 Å². The number of hydrogen-bond acceptors (Lipinski definition) is 2. The maximum atomic E-state index is 5.66. The normalized spacial score (nSPS) is 20.2. The topological polar surface area (TPSA) is 54.7 Å². The number of H-pyrrole nitrogens is 1. The number of aryl methyl sites for hydroxylation is 1. The Labute approximate surface area is 66.0 Å². The van der Waals surface area contributed by atoms with Gasteiger partial charge < -0.3 is 5.73 Å². The number of nitrogens with zero attached hydrogens (tertiary/aromatic N) is 1. The zero-order chi connectivity index (χ0) is 7.90. The summed E-state index contributed by atoms with van der Waals surface area (Å²) in [4.78, 5) is 0. The van der Waals surface area contributed by atoms with Crippen molar-refractivity contribution in [3.63, 3.8) is 0 Å². The van der Waals surface area contributed by atoms with Gasteiger partial charge in [-0.2, -0.15) is 5.10 Å². The first-order valence-electron chi connectivity index (χ1n) is 3.99. The third-order valence-corrected chi connectivity index (χ3v) is 2.49. The van der Waals surface area contributed by atoms with Crippen molar-refractivity contribution < 1.29 is 0 Å². The molecule has 1 aromatic heterocycles. The molecule has 1 heterocycles. The van der Waals surface area contributed by atoms with E-state index in [1.165, 1.54) is 12.8 Å². The number of aromatic amines is 1. The molecule has 3 heteroatoms. The molecule has 1 aliphatic rings. The van der Waals surface area contributed by atoms with Crippen LogP contribution in [0.25, 0.3) is 0 Å². The van der Waals surface area contributed by atoms with E-state index in [2.05, 4.69) is 16.3 Å². The van der Waals surface area contributed by atoms with Gasteiger partial charge in [0.15, 0.2) is 0 Å². The fourth-order valence-electron chi connectivity index (χ4n) is 1.41. The summed E-state index contributed by atoms with van der Waals surface area (Å²) in [5, 5.41) is 7.16. The Bertz CT molecular complexity index is 260. The monoisotopic (exact) mass is 151 g/mol. The SMILES string of the molecule is Cc1cc(C2(CN)CC2)n[nH]1. The summed E-state index contributed by atoms with van der Waals surface area (Å²) in [6.07, 6.45) is 2.40. The lowest BCUT2D eigenvalue weighted by Crippen LogP contribution is -2.19. The first-order chi connectivity index (χ1) is 5.27. The van der Waals surface area contributed by atoms with Crippen LogP contribution >= 0.6 is 0 Å². The Kier molecular flexibility index (Phi) is 1.29. The minimum Gasteiger partial charge on any atom is -0.330 e. The van der Waals surface area contributed by atoms with Crippen LogP contribution in [0.15, 0.2) is 6.07 Å². The van der Waals surface area contributed by atoms with Gasteiger partial charge in [-0.25, -0.2) is 0 Å². The Morgan fingerprint density at radius 1 is 1.73 bits per heavy atom. The van der Waals surface area contributed by atoms with Gasteiger partial charge in [0, 0.05) is 17.7 Å². The first-order valence-corrected chi connectivity index (χ1v) is 3.99. The fraction of sp³-hybridized carbons (Fsp3) is 0.625. The molecule has 1 fully saturated rings. The Balaban J connectivity index is 2.29. The Morgan fingerprint density at radius 2 is 2.45 bits per heavy atom. The van der Waals surface area contributed by atoms with Crippen LogP contribution in [-0.4, -0.2) is 16.7 Å². The van der Waals surface area contributed by atoms with Crippen LogP contribution in [0.3, 0.4) is 0 Å². The summed E-state index contributed by atoms with van der Waals surface area (Å²) in [6.45, 7) is 2.75. The summed E-state index contributed by atoms with van der Waals surface area (Å²) >= 11 is 0. The molecule has 1 aliphatic carbocycles. The molecule has 0 aromatic carbocycles. The molecule has 0 atom stereocenters. The number of rotatable bonds is 2. The Morgan fingerprint density at radius 3 is 2.82 bits per heavy atom. The van der Waals surface area contributed by atoms with Crippen molar-refractivity contribution in [1.29, 1.82) is 0 Å².